The molecule has 0 saturated heterocycles. The van der Waals surface area contributed by atoms with Gasteiger partial charge in [0.1, 0.15) is 0 Å². The van der Waals surface area contributed by atoms with Crippen LogP contribution >= 0.6 is 24.0 Å². The molecule has 0 heterocycles. The van der Waals surface area contributed by atoms with Crippen molar-refractivity contribution in [2.75, 3.05) is 33.3 Å². The van der Waals surface area contributed by atoms with Gasteiger partial charge in [0.05, 0.1) is 13.2 Å². The third-order valence-corrected chi connectivity index (χ3v) is 3.57. The Morgan fingerprint density at radius 1 is 1.15 bits per heavy atom. The average Bonchev–Trinajstić information content (AvgIpc) is 2.63. The van der Waals surface area contributed by atoms with E-state index < -0.39 is 0 Å². The Hall–Kier alpha value is -1.35. The summed E-state index contributed by atoms with van der Waals surface area (Å²) in [7, 11) is 1.73. The van der Waals surface area contributed by atoms with Crippen LogP contribution in [0.3, 0.4) is 0 Å². The lowest BCUT2D eigenvalue weighted by molar-refractivity contribution is -0.120. The van der Waals surface area contributed by atoms with Crippen LogP contribution in [0.25, 0.3) is 0 Å². The summed E-state index contributed by atoms with van der Waals surface area (Å²) in [6.45, 7) is 7.53. The second-order valence-corrected chi connectivity index (χ2v) is 6.09. The summed E-state index contributed by atoms with van der Waals surface area (Å²) < 4.78 is 5.74. The van der Waals surface area contributed by atoms with Crippen molar-refractivity contribution in [2.45, 2.75) is 33.3 Å². The molecule has 1 aromatic rings. The SMILES string of the molecule is CCCNC(=O)CCNC(=NC)NCC(C)COCc1ccccc1.I. The molecule has 1 atom stereocenters. The Labute approximate surface area is 174 Å². The number of hydrogen-bond acceptors (Lipinski definition) is 3. The molecule has 7 heteroatoms. The van der Waals surface area contributed by atoms with Crippen LogP contribution < -0.4 is 16.0 Å². The molecule has 0 radical (unpaired) electrons. The van der Waals surface area contributed by atoms with Crippen LogP contribution in [0.1, 0.15) is 32.3 Å². The van der Waals surface area contributed by atoms with Crippen LogP contribution in [0.15, 0.2) is 35.3 Å². The molecule has 1 amide bonds. The van der Waals surface area contributed by atoms with Crippen molar-refractivity contribution >= 4 is 35.8 Å². The number of nitrogens with one attached hydrogen (secondary N) is 3. The van der Waals surface area contributed by atoms with E-state index in [0.29, 0.717) is 38.1 Å². The average molecular weight is 476 g/mol. The lowest BCUT2D eigenvalue weighted by Gasteiger charge is -2.16. The first-order valence-corrected chi connectivity index (χ1v) is 8.98. The van der Waals surface area contributed by atoms with Crippen molar-refractivity contribution in [3.63, 3.8) is 0 Å². The van der Waals surface area contributed by atoms with Gasteiger partial charge in [0, 0.05) is 33.1 Å². The summed E-state index contributed by atoms with van der Waals surface area (Å²) in [5.41, 5.74) is 1.18. The smallest absolute Gasteiger partial charge is 0.221 e. The normalized spacial score (nSPS) is 12.0. The van der Waals surface area contributed by atoms with Gasteiger partial charge in [-0.05, 0) is 17.9 Å². The maximum Gasteiger partial charge on any atom is 0.221 e. The van der Waals surface area contributed by atoms with Gasteiger partial charge in [0.2, 0.25) is 5.91 Å². The summed E-state index contributed by atoms with van der Waals surface area (Å²) in [5, 5.41) is 9.27. The van der Waals surface area contributed by atoms with Crippen LogP contribution in [0.4, 0.5) is 0 Å². The van der Waals surface area contributed by atoms with Gasteiger partial charge in [-0.3, -0.25) is 9.79 Å². The summed E-state index contributed by atoms with van der Waals surface area (Å²) in [5.74, 6) is 1.13. The van der Waals surface area contributed by atoms with Crippen molar-refractivity contribution in [1.82, 2.24) is 16.0 Å². The molecule has 0 aliphatic heterocycles. The Bertz CT molecular complexity index is 512. The van der Waals surface area contributed by atoms with Gasteiger partial charge >= 0.3 is 0 Å². The van der Waals surface area contributed by atoms with E-state index >= 15 is 0 Å². The molecule has 26 heavy (non-hydrogen) atoms. The number of nitrogens with zero attached hydrogens (tertiary/aromatic N) is 1. The van der Waals surface area contributed by atoms with E-state index in [1.807, 2.05) is 25.1 Å². The number of guanidine groups is 1. The highest BCUT2D eigenvalue weighted by Gasteiger charge is 2.05. The first-order chi connectivity index (χ1) is 12.2. The van der Waals surface area contributed by atoms with Crippen molar-refractivity contribution in [3.05, 3.63) is 35.9 Å². The van der Waals surface area contributed by atoms with E-state index in [-0.39, 0.29) is 29.9 Å². The molecule has 0 saturated carbocycles. The van der Waals surface area contributed by atoms with Gasteiger partial charge in [-0.1, -0.05) is 44.2 Å². The van der Waals surface area contributed by atoms with Gasteiger partial charge < -0.3 is 20.7 Å². The molecular weight excluding hydrogens is 443 g/mol. The molecule has 1 unspecified atom stereocenters. The molecule has 0 aromatic heterocycles. The maximum atomic E-state index is 11.5. The fraction of sp³-hybridized carbons (Fsp3) is 0.579. The fourth-order valence-corrected chi connectivity index (χ4v) is 2.15. The van der Waals surface area contributed by atoms with Crippen molar-refractivity contribution < 1.29 is 9.53 Å². The van der Waals surface area contributed by atoms with Crippen molar-refractivity contribution in [2.24, 2.45) is 10.9 Å². The van der Waals surface area contributed by atoms with E-state index in [1.165, 1.54) is 5.56 Å². The largest absolute Gasteiger partial charge is 0.376 e. The number of carbonyl (C=O) groups excluding carboxylic acids is 1. The summed E-state index contributed by atoms with van der Waals surface area (Å²) in [4.78, 5) is 15.7. The summed E-state index contributed by atoms with van der Waals surface area (Å²) in [6, 6.07) is 10.2. The number of rotatable bonds is 11. The van der Waals surface area contributed by atoms with E-state index in [4.69, 9.17) is 4.74 Å². The molecule has 3 N–H and O–H groups in total. The van der Waals surface area contributed by atoms with Crippen LogP contribution in [0, 0.1) is 5.92 Å². The number of amides is 1. The van der Waals surface area contributed by atoms with Crippen LogP contribution in [-0.2, 0) is 16.1 Å². The Kier molecular flexibility index (Phi) is 15.0. The summed E-state index contributed by atoms with van der Waals surface area (Å²) >= 11 is 0. The van der Waals surface area contributed by atoms with E-state index in [2.05, 4.69) is 40.0 Å². The zero-order valence-electron chi connectivity index (χ0n) is 16.1. The molecule has 0 aliphatic rings. The zero-order chi connectivity index (χ0) is 18.3. The number of ether oxygens (including phenoxy) is 1. The Morgan fingerprint density at radius 3 is 2.54 bits per heavy atom. The predicted octanol–water partition coefficient (Wildman–Crippen LogP) is 2.54. The highest BCUT2D eigenvalue weighted by molar-refractivity contribution is 14.0. The zero-order valence-corrected chi connectivity index (χ0v) is 18.4. The molecular formula is C19H33IN4O2. The van der Waals surface area contributed by atoms with Gasteiger partial charge in [0.15, 0.2) is 5.96 Å². The first-order valence-electron chi connectivity index (χ1n) is 8.98. The molecule has 0 spiro atoms. The minimum Gasteiger partial charge on any atom is -0.376 e. The molecule has 148 valence electrons. The Morgan fingerprint density at radius 2 is 1.88 bits per heavy atom. The third-order valence-electron chi connectivity index (χ3n) is 3.57. The monoisotopic (exact) mass is 476 g/mol. The number of benzene rings is 1. The van der Waals surface area contributed by atoms with Gasteiger partial charge in [0.25, 0.3) is 0 Å². The van der Waals surface area contributed by atoms with Crippen LogP contribution in [0.2, 0.25) is 0 Å². The molecule has 6 nitrogen and oxygen atoms in total. The lowest BCUT2D eigenvalue weighted by Crippen LogP contribution is -2.41. The number of aliphatic imine (C=N–C) groups is 1. The van der Waals surface area contributed by atoms with Gasteiger partial charge in [-0.2, -0.15) is 0 Å². The third kappa shape index (κ3) is 12.1. The molecule has 0 bridgehead atoms. The standard InChI is InChI=1S/C19H32N4O2.HI/c1-4-11-21-18(24)10-12-22-19(20-3)23-13-16(2)14-25-15-17-8-6-5-7-9-17;/h5-9,16H,4,10-15H2,1-3H3,(H,21,24)(H2,20,22,23);1H. The number of carbonyl (C=O) groups is 1. The van der Waals surface area contributed by atoms with Crippen LogP contribution in [-0.4, -0.2) is 45.2 Å². The minimum absolute atomic E-state index is 0. The molecule has 1 aromatic carbocycles. The van der Waals surface area contributed by atoms with E-state index in [9.17, 15) is 4.79 Å². The maximum absolute atomic E-state index is 11.5. The Balaban J connectivity index is 0.00000625. The first kappa shape index (κ1) is 24.7. The van der Waals surface area contributed by atoms with Crippen molar-refractivity contribution in [1.29, 1.82) is 0 Å². The van der Waals surface area contributed by atoms with Crippen molar-refractivity contribution in [3.8, 4) is 0 Å². The molecule has 1 rings (SSSR count). The fourth-order valence-electron chi connectivity index (χ4n) is 2.15. The van der Waals surface area contributed by atoms with Gasteiger partial charge in [-0.25, -0.2) is 0 Å². The van der Waals surface area contributed by atoms with E-state index in [0.717, 1.165) is 19.5 Å². The number of hydrogen-bond donors (Lipinski definition) is 3. The predicted molar refractivity (Wildman–Crippen MR) is 118 cm³/mol. The summed E-state index contributed by atoms with van der Waals surface area (Å²) in [6.07, 6.45) is 1.39. The highest BCUT2D eigenvalue weighted by Crippen LogP contribution is 2.02. The minimum atomic E-state index is 0. The lowest BCUT2D eigenvalue weighted by atomic mass is 10.2. The molecule has 0 aliphatic carbocycles. The molecule has 0 fully saturated rings. The second-order valence-electron chi connectivity index (χ2n) is 6.09. The topological polar surface area (TPSA) is 74.8 Å². The van der Waals surface area contributed by atoms with Crippen LogP contribution in [0.5, 0.6) is 0 Å². The number of halogens is 1. The second kappa shape index (κ2) is 15.9. The highest BCUT2D eigenvalue weighted by atomic mass is 127. The van der Waals surface area contributed by atoms with Gasteiger partial charge in [-0.15, -0.1) is 24.0 Å². The quantitative estimate of drug-likeness (QED) is 0.261. The van der Waals surface area contributed by atoms with E-state index in [1.54, 1.807) is 7.05 Å².